The fourth-order valence-corrected chi connectivity index (χ4v) is 3.26. The van der Waals surface area contributed by atoms with Gasteiger partial charge in [0.15, 0.2) is 0 Å². The molecule has 0 saturated carbocycles. The van der Waals surface area contributed by atoms with Crippen LogP contribution in [0.5, 0.6) is 0 Å². The van der Waals surface area contributed by atoms with Crippen molar-refractivity contribution in [2.24, 2.45) is 0 Å². The number of aromatic amines is 1. The second kappa shape index (κ2) is 5.77. The van der Waals surface area contributed by atoms with Gasteiger partial charge in [-0.3, -0.25) is 9.78 Å². The Hall–Kier alpha value is -2.09. The van der Waals surface area contributed by atoms with Gasteiger partial charge in [0.25, 0.3) is 0 Å². The van der Waals surface area contributed by atoms with Gasteiger partial charge in [0, 0.05) is 11.8 Å². The van der Waals surface area contributed by atoms with Crippen molar-refractivity contribution in [3.8, 4) is 0 Å². The Labute approximate surface area is 147 Å². The van der Waals surface area contributed by atoms with Gasteiger partial charge in [0.2, 0.25) is 4.77 Å². The lowest BCUT2D eigenvalue weighted by molar-refractivity contribution is 0.261. The van der Waals surface area contributed by atoms with Crippen LogP contribution in [0.25, 0.3) is 0 Å². The van der Waals surface area contributed by atoms with Crippen LogP contribution in [0.2, 0.25) is 5.15 Å². The Morgan fingerprint density at radius 1 is 1.29 bits per heavy atom. The molecule has 2 aromatic heterocycles. The lowest BCUT2D eigenvalue weighted by Crippen LogP contribution is -2.20. The van der Waals surface area contributed by atoms with E-state index >= 15 is 0 Å². The van der Waals surface area contributed by atoms with Crippen molar-refractivity contribution < 1.29 is 9.13 Å². The zero-order valence-corrected chi connectivity index (χ0v) is 13.9. The van der Waals surface area contributed by atoms with E-state index in [1.54, 1.807) is 29.1 Å². The highest BCUT2D eigenvalue weighted by atomic mass is 35.5. The summed E-state index contributed by atoms with van der Waals surface area (Å²) in [5.41, 5.74) is 0.922. The molecule has 8 heteroatoms. The zero-order valence-electron chi connectivity index (χ0n) is 12.3. The third kappa shape index (κ3) is 2.54. The smallest absolute Gasteiger partial charge is 0.215 e. The average Bonchev–Trinajstić information content (AvgIpc) is 3.16. The maximum absolute atomic E-state index is 13.3. The predicted molar refractivity (Wildman–Crippen MR) is 88.6 cm³/mol. The van der Waals surface area contributed by atoms with Crippen molar-refractivity contribution in [2.45, 2.75) is 18.2 Å². The van der Waals surface area contributed by atoms with Crippen LogP contribution in [-0.2, 0) is 16.9 Å². The first-order valence-corrected chi connectivity index (χ1v) is 8.03. The molecule has 0 radical (unpaired) electrons. The number of pyridine rings is 1. The molecule has 0 spiro atoms. The molecule has 1 aliphatic heterocycles. The Kier molecular flexibility index (Phi) is 3.71. The predicted octanol–water partition coefficient (Wildman–Crippen LogP) is 3.80. The van der Waals surface area contributed by atoms with Crippen molar-refractivity contribution >= 4 is 23.8 Å². The van der Waals surface area contributed by atoms with Crippen molar-refractivity contribution in [3.63, 3.8) is 0 Å². The minimum absolute atomic E-state index is 0.297. The van der Waals surface area contributed by atoms with Gasteiger partial charge in [-0.1, -0.05) is 29.8 Å². The Bertz CT molecular complexity index is 942. The highest BCUT2D eigenvalue weighted by molar-refractivity contribution is 7.71. The van der Waals surface area contributed by atoms with Crippen molar-refractivity contribution in [1.82, 2.24) is 19.7 Å². The molecule has 5 nitrogen and oxygen atoms in total. The molecular formula is C16H12ClFN4OS. The monoisotopic (exact) mass is 362 g/mol. The summed E-state index contributed by atoms with van der Waals surface area (Å²) in [6.07, 6.45) is 2.85. The van der Waals surface area contributed by atoms with Gasteiger partial charge < -0.3 is 4.74 Å². The lowest BCUT2D eigenvalue weighted by Gasteiger charge is -2.14. The number of epoxide rings is 1. The van der Waals surface area contributed by atoms with Crippen LogP contribution in [0.4, 0.5) is 4.39 Å². The number of hydrogen-bond donors (Lipinski definition) is 1. The number of ether oxygens (including phenoxy) is 1. The topological polar surface area (TPSA) is 59.0 Å². The number of rotatable bonds is 4. The molecule has 2 atom stereocenters. The van der Waals surface area contributed by atoms with E-state index in [-0.39, 0.29) is 11.9 Å². The van der Waals surface area contributed by atoms with Crippen LogP contribution in [0, 0.1) is 10.6 Å². The number of nitrogens with zero attached hydrogens (tertiary/aromatic N) is 3. The molecule has 1 aliphatic rings. The first-order valence-electron chi connectivity index (χ1n) is 7.25. The number of nitrogens with one attached hydrogen (secondary N) is 1. The van der Waals surface area contributed by atoms with Gasteiger partial charge >= 0.3 is 0 Å². The molecule has 0 bridgehead atoms. The number of aromatic nitrogens is 4. The van der Waals surface area contributed by atoms with Gasteiger partial charge in [-0.15, -0.1) is 0 Å². The standard InChI is InChI=1S/C16H12ClFN4OS/c17-14-12(2-1-7-19-14)13-16(23-13,8-22-15(24)20-9-21-22)10-3-5-11(18)6-4-10/h1-7,9,13H,8H2,(H,20,21,24)/t13-,16-/m1/s1. The fourth-order valence-electron chi connectivity index (χ4n) is 2.87. The normalized spacial score (nSPS) is 22.5. The summed E-state index contributed by atoms with van der Waals surface area (Å²) in [7, 11) is 0. The van der Waals surface area contributed by atoms with Gasteiger partial charge in [0.1, 0.15) is 29.0 Å². The van der Waals surface area contributed by atoms with Gasteiger partial charge in [-0.25, -0.2) is 14.4 Å². The van der Waals surface area contributed by atoms with E-state index < -0.39 is 5.60 Å². The summed E-state index contributed by atoms with van der Waals surface area (Å²) in [5.74, 6) is -0.302. The van der Waals surface area contributed by atoms with Gasteiger partial charge in [-0.05, 0) is 36.0 Å². The first kappa shape index (κ1) is 15.4. The first-order chi connectivity index (χ1) is 11.6. The number of halogens is 2. The Morgan fingerprint density at radius 3 is 2.75 bits per heavy atom. The molecule has 4 rings (SSSR count). The molecule has 24 heavy (non-hydrogen) atoms. The summed E-state index contributed by atoms with van der Waals surface area (Å²) in [4.78, 5) is 8.13. The van der Waals surface area contributed by atoms with Crippen LogP contribution >= 0.6 is 23.8 Å². The Balaban J connectivity index is 1.77. The summed E-state index contributed by atoms with van der Waals surface area (Å²) < 4.78 is 21.5. The maximum Gasteiger partial charge on any atom is 0.215 e. The van der Waals surface area contributed by atoms with Gasteiger partial charge in [0.05, 0.1) is 6.54 Å². The molecule has 3 heterocycles. The molecule has 0 aliphatic carbocycles. The lowest BCUT2D eigenvalue weighted by atomic mass is 9.92. The maximum atomic E-state index is 13.3. The second-order valence-electron chi connectivity index (χ2n) is 5.53. The summed E-state index contributed by atoms with van der Waals surface area (Å²) >= 11 is 11.4. The van der Waals surface area contributed by atoms with E-state index in [4.69, 9.17) is 28.6 Å². The molecule has 1 N–H and O–H groups in total. The van der Waals surface area contributed by atoms with Crippen LogP contribution in [0.1, 0.15) is 17.2 Å². The van der Waals surface area contributed by atoms with Gasteiger partial charge in [-0.2, -0.15) is 0 Å². The average molecular weight is 363 g/mol. The largest absolute Gasteiger partial charge is 0.354 e. The fraction of sp³-hybridized carbons (Fsp3) is 0.188. The highest BCUT2D eigenvalue weighted by Gasteiger charge is 2.59. The van der Waals surface area contributed by atoms with E-state index in [9.17, 15) is 4.39 Å². The SMILES string of the molecule is Fc1ccc([C@@]2(Cn3[nH]cnc3=S)O[C@@H]2c2cccnc2Cl)cc1. The van der Waals surface area contributed by atoms with Crippen LogP contribution in [0.15, 0.2) is 48.9 Å². The third-order valence-corrected chi connectivity index (χ3v) is 4.75. The second-order valence-corrected chi connectivity index (χ2v) is 6.26. The number of hydrogen-bond acceptors (Lipinski definition) is 4. The molecule has 1 aromatic carbocycles. The van der Waals surface area contributed by atoms with Crippen LogP contribution in [0.3, 0.4) is 0 Å². The number of benzene rings is 1. The highest BCUT2D eigenvalue weighted by Crippen LogP contribution is 2.58. The summed E-state index contributed by atoms with van der Waals surface area (Å²) in [5, 5.41) is 3.36. The van der Waals surface area contributed by atoms with E-state index in [1.165, 1.54) is 18.5 Å². The molecule has 0 amide bonds. The summed E-state index contributed by atoms with van der Waals surface area (Å²) in [6.45, 7) is 0.410. The third-order valence-electron chi connectivity index (χ3n) is 4.11. The van der Waals surface area contributed by atoms with Crippen molar-refractivity contribution in [1.29, 1.82) is 0 Å². The summed E-state index contributed by atoms with van der Waals surface area (Å²) in [6, 6.07) is 9.91. The molecule has 3 aromatic rings. The van der Waals surface area contributed by atoms with E-state index in [0.29, 0.717) is 16.5 Å². The van der Waals surface area contributed by atoms with Crippen LogP contribution < -0.4 is 0 Å². The van der Waals surface area contributed by atoms with E-state index in [1.807, 2.05) is 6.07 Å². The van der Waals surface area contributed by atoms with Crippen molar-refractivity contribution in [2.75, 3.05) is 0 Å². The zero-order chi connectivity index (χ0) is 16.7. The molecule has 122 valence electrons. The molecule has 0 unspecified atom stereocenters. The molecule has 1 fully saturated rings. The van der Waals surface area contributed by atoms with Crippen LogP contribution in [-0.4, -0.2) is 19.7 Å². The van der Waals surface area contributed by atoms with E-state index in [0.717, 1.165) is 11.1 Å². The van der Waals surface area contributed by atoms with E-state index in [2.05, 4.69) is 15.1 Å². The Morgan fingerprint density at radius 2 is 2.08 bits per heavy atom. The quantitative estimate of drug-likeness (QED) is 0.436. The minimum atomic E-state index is -0.703. The number of H-pyrrole nitrogens is 1. The van der Waals surface area contributed by atoms with Crippen molar-refractivity contribution in [3.05, 3.63) is 75.8 Å². The minimum Gasteiger partial charge on any atom is -0.354 e. The molecule has 1 saturated heterocycles. The molecular weight excluding hydrogens is 351 g/mol.